The molecule has 0 aliphatic rings. The molecule has 0 radical (unpaired) electrons. The predicted octanol–water partition coefficient (Wildman–Crippen LogP) is 10.0. The fourth-order valence-corrected chi connectivity index (χ4v) is 6.07. The van der Waals surface area contributed by atoms with Crippen molar-refractivity contribution in [2.24, 2.45) is 0 Å². The van der Waals surface area contributed by atoms with Gasteiger partial charge in [0.05, 0.1) is 11.2 Å². The lowest BCUT2D eigenvalue weighted by Crippen LogP contribution is -2.00. The highest BCUT2D eigenvalue weighted by molar-refractivity contribution is 6.05. The Labute approximate surface area is 270 Å². The fourth-order valence-electron chi connectivity index (χ4n) is 6.07. The topological polar surface area (TPSA) is 77.6 Å². The van der Waals surface area contributed by atoms with Crippen LogP contribution in [0.2, 0.25) is 0 Å². The van der Waals surface area contributed by atoms with Gasteiger partial charge in [-0.25, -0.2) is 19.9 Å². The van der Waals surface area contributed by atoms with Crippen molar-refractivity contribution in [1.82, 2.24) is 24.9 Å². The first-order valence-corrected chi connectivity index (χ1v) is 15.4. The number of hydrogen-bond acceptors (Lipinski definition) is 6. The van der Waals surface area contributed by atoms with Crippen LogP contribution in [-0.2, 0) is 0 Å². The zero-order chi connectivity index (χ0) is 31.2. The van der Waals surface area contributed by atoms with Crippen molar-refractivity contribution in [3.8, 4) is 56.5 Å². The second kappa shape index (κ2) is 11.1. The molecule has 6 nitrogen and oxygen atoms in total. The SMILES string of the molecule is c1ccc(-c2nc(-c3ccccc3)nc(-c3cccc(-c4ccc5c(c4)oc4nc(-c6cccc7cccnc67)ccc45)c3)n2)cc1. The minimum atomic E-state index is 0.600. The Hall–Kier alpha value is -6.53. The zero-order valence-electron chi connectivity index (χ0n) is 25.1. The summed E-state index contributed by atoms with van der Waals surface area (Å²) in [5.74, 6) is 1.88. The van der Waals surface area contributed by atoms with E-state index in [1.807, 2.05) is 97.2 Å². The molecule has 9 rings (SSSR count). The molecule has 0 N–H and O–H groups in total. The van der Waals surface area contributed by atoms with Crippen molar-refractivity contribution in [2.45, 2.75) is 0 Å². The first kappa shape index (κ1) is 26.8. The minimum Gasteiger partial charge on any atom is -0.438 e. The van der Waals surface area contributed by atoms with Gasteiger partial charge in [-0.15, -0.1) is 0 Å². The normalized spacial score (nSPS) is 11.4. The molecular formula is C41H25N5O. The molecule has 0 aliphatic carbocycles. The van der Waals surface area contributed by atoms with Crippen molar-refractivity contribution in [1.29, 1.82) is 0 Å². The van der Waals surface area contributed by atoms with E-state index < -0.39 is 0 Å². The maximum atomic E-state index is 6.37. The van der Waals surface area contributed by atoms with Gasteiger partial charge in [-0.1, -0.05) is 109 Å². The summed E-state index contributed by atoms with van der Waals surface area (Å²) >= 11 is 0. The van der Waals surface area contributed by atoms with Gasteiger partial charge in [-0.3, -0.25) is 4.98 Å². The van der Waals surface area contributed by atoms with Gasteiger partial charge >= 0.3 is 0 Å². The quantitative estimate of drug-likeness (QED) is 0.195. The van der Waals surface area contributed by atoms with Gasteiger partial charge in [0, 0.05) is 44.6 Å². The number of rotatable bonds is 5. The molecule has 0 fully saturated rings. The Bertz CT molecular complexity index is 2520. The van der Waals surface area contributed by atoms with Gasteiger partial charge in [0.25, 0.3) is 0 Å². The molecule has 0 bridgehead atoms. The summed E-state index contributed by atoms with van der Waals surface area (Å²) < 4.78 is 6.37. The molecule has 0 saturated heterocycles. The number of aromatic nitrogens is 5. The van der Waals surface area contributed by atoms with Crippen molar-refractivity contribution in [3.05, 3.63) is 152 Å². The Morgan fingerprint density at radius 3 is 1.81 bits per heavy atom. The van der Waals surface area contributed by atoms with Crippen molar-refractivity contribution in [2.75, 3.05) is 0 Å². The molecule has 9 aromatic rings. The Balaban J connectivity index is 1.11. The lowest BCUT2D eigenvalue weighted by molar-refractivity contribution is 0.655. The average molecular weight is 604 g/mol. The van der Waals surface area contributed by atoms with Crippen LogP contribution < -0.4 is 0 Å². The number of fused-ring (bicyclic) bond motifs is 4. The third kappa shape index (κ3) is 4.89. The van der Waals surface area contributed by atoms with Gasteiger partial charge in [0.15, 0.2) is 17.5 Å². The summed E-state index contributed by atoms with van der Waals surface area (Å²) in [6.45, 7) is 0. The highest BCUT2D eigenvalue weighted by Gasteiger charge is 2.15. The Morgan fingerprint density at radius 2 is 1.04 bits per heavy atom. The summed E-state index contributed by atoms with van der Waals surface area (Å²) in [5.41, 5.74) is 8.94. The number of furan rings is 1. The number of nitrogens with zero attached hydrogens (tertiary/aromatic N) is 5. The number of para-hydroxylation sites is 1. The maximum Gasteiger partial charge on any atom is 0.227 e. The van der Waals surface area contributed by atoms with Crippen LogP contribution in [0.4, 0.5) is 0 Å². The summed E-state index contributed by atoms with van der Waals surface area (Å²) in [6.07, 6.45) is 1.81. The smallest absolute Gasteiger partial charge is 0.227 e. The molecule has 4 heterocycles. The van der Waals surface area contributed by atoms with E-state index in [0.717, 1.165) is 66.3 Å². The van der Waals surface area contributed by atoms with Crippen molar-refractivity contribution >= 4 is 33.0 Å². The molecule has 220 valence electrons. The van der Waals surface area contributed by atoms with E-state index in [1.165, 1.54) is 0 Å². The molecular weight excluding hydrogens is 578 g/mol. The molecule has 47 heavy (non-hydrogen) atoms. The standard InChI is InChI=1S/C41H25N5O/c1-3-10-27(11-4-1)38-44-39(28-12-5-2-6-13-28)46-40(45-38)31-16-7-15-29(24-31)30-19-20-32-33-21-22-35(43-41(33)47-36(32)25-30)34-18-8-14-26-17-9-23-42-37(26)34/h1-25H. The molecule has 0 amide bonds. The van der Waals surface area contributed by atoms with Crippen LogP contribution in [0.15, 0.2) is 156 Å². The van der Waals surface area contributed by atoms with E-state index in [-0.39, 0.29) is 0 Å². The second-order valence-corrected chi connectivity index (χ2v) is 11.4. The zero-order valence-corrected chi connectivity index (χ0v) is 25.1. The van der Waals surface area contributed by atoms with Crippen LogP contribution in [0.25, 0.3) is 89.5 Å². The number of hydrogen-bond donors (Lipinski definition) is 0. The first-order valence-electron chi connectivity index (χ1n) is 15.4. The van der Waals surface area contributed by atoms with Gasteiger partial charge in [-0.05, 0) is 47.5 Å². The molecule has 5 aromatic carbocycles. The van der Waals surface area contributed by atoms with Crippen LogP contribution >= 0.6 is 0 Å². The maximum absolute atomic E-state index is 6.37. The fraction of sp³-hybridized carbons (Fsp3) is 0. The van der Waals surface area contributed by atoms with Crippen LogP contribution in [0.1, 0.15) is 0 Å². The summed E-state index contributed by atoms with van der Waals surface area (Å²) in [5, 5.41) is 3.07. The van der Waals surface area contributed by atoms with E-state index in [9.17, 15) is 0 Å². The predicted molar refractivity (Wildman–Crippen MR) is 187 cm³/mol. The van der Waals surface area contributed by atoms with Crippen LogP contribution in [0.5, 0.6) is 0 Å². The third-order valence-corrected chi connectivity index (χ3v) is 8.40. The van der Waals surface area contributed by atoms with Crippen molar-refractivity contribution < 1.29 is 4.42 Å². The lowest BCUT2D eigenvalue weighted by Gasteiger charge is -2.09. The van der Waals surface area contributed by atoms with E-state index in [4.69, 9.17) is 24.4 Å². The Kier molecular flexibility index (Phi) is 6.35. The van der Waals surface area contributed by atoms with Crippen LogP contribution in [-0.4, -0.2) is 24.9 Å². The summed E-state index contributed by atoms with van der Waals surface area (Å²) in [7, 11) is 0. The van der Waals surface area contributed by atoms with E-state index in [1.54, 1.807) is 0 Å². The summed E-state index contributed by atoms with van der Waals surface area (Å²) in [4.78, 5) is 24.2. The molecule has 0 saturated carbocycles. The van der Waals surface area contributed by atoms with Gasteiger partial charge < -0.3 is 4.42 Å². The molecule has 0 aliphatic heterocycles. The summed E-state index contributed by atoms with van der Waals surface area (Å²) in [6, 6.07) is 48.9. The number of pyridine rings is 2. The van der Waals surface area contributed by atoms with Gasteiger partial charge in [0.2, 0.25) is 5.71 Å². The van der Waals surface area contributed by atoms with Crippen molar-refractivity contribution in [3.63, 3.8) is 0 Å². The highest BCUT2D eigenvalue weighted by Crippen LogP contribution is 2.35. The van der Waals surface area contributed by atoms with E-state index in [2.05, 4.69) is 59.6 Å². The molecule has 0 atom stereocenters. The largest absolute Gasteiger partial charge is 0.438 e. The molecule has 0 unspecified atom stereocenters. The lowest BCUT2D eigenvalue weighted by atomic mass is 10.0. The minimum absolute atomic E-state index is 0.600. The first-order chi connectivity index (χ1) is 23.3. The van der Waals surface area contributed by atoms with E-state index in [0.29, 0.717) is 23.2 Å². The average Bonchev–Trinajstić information content (AvgIpc) is 3.52. The second-order valence-electron chi connectivity index (χ2n) is 11.4. The molecule has 0 spiro atoms. The Morgan fingerprint density at radius 1 is 0.426 bits per heavy atom. The van der Waals surface area contributed by atoms with E-state index >= 15 is 0 Å². The number of benzene rings is 5. The molecule has 6 heteroatoms. The molecule has 4 aromatic heterocycles. The monoisotopic (exact) mass is 603 g/mol. The van der Waals surface area contributed by atoms with Crippen LogP contribution in [0, 0.1) is 0 Å². The third-order valence-electron chi connectivity index (χ3n) is 8.40. The highest BCUT2D eigenvalue weighted by atomic mass is 16.3. The van der Waals surface area contributed by atoms with Crippen LogP contribution in [0.3, 0.4) is 0 Å². The van der Waals surface area contributed by atoms with Gasteiger partial charge in [-0.2, -0.15) is 0 Å². The van der Waals surface area contributed by atoms with Gasteiger partial charge in [0.1, 0.15) is 5.58 Å².